The van der Waals surface area contributed by atoms with E-state index in [9.17, 15) is 9.59 Å². The van der Waals surface area contributed by atoms with Crippen molar-refractivity contribution in [2.75, 3.05) is 46.4 Å². The molecule has 1 N–H and O–H groups in total. The third-order valence-electron chi connectivity index (χ3n) is 3.89. The zero-order valence-corrected chi connectivity index (χ0v) is 13.9. The molecule has 0 saturated carbocycles. The average molecular weight is 319 g/mol. The molecule has 0 bridgehead atoms. The van der Waals surface area contributed by atoms with Crippen molar-refractivity contribution in [3.8, 4) is 0 Å². The number of piperazine rings is 1. The number of ether oxygens (including phenoxy) is 1. The molecule has 1 fully saturated rings. The summed E-state index contributed by atoms with van der Waals surface area (Å²) < 4.78 is 5.11. The molecule has 1 saturated heterocycles. The van der Waals surface area contributed by atoms with Crippen LogP contribution in [0.5, 0.6) is 0 Å². The molecule has 0 spiro atoms. The number of carbonyl (C=O) groups is 2. The lowest BCUT2D eigenvalue weighted by atomic mass is 10.1. The van der Waals surface area contributed by atoms with Crippen molar-refractivity contribution < 1.29 is 14.3 Å². The summed E-state index contributed by atoms with van der Waals surface area (Å²) in [4.78, 5) is 28.1. The first-order chi connectivity index (χ1) is 11.1. The molecular formula is C17H25N3O3. The molecule has 1 aliphatic heterocycles. The summed E-state index contributed by atoms with van der Waals surface area (Å²) in [6.07, 6.45) is 0. The first-order valence-electron chi connectivity index (χ1n) is 8.00. The summed E-state index contributed by atoms with van der Waals surface area (Å²) in [5.41, 5.74) is 1.69. The summed E-state index contributed by atoms with van der Waals surface area (Å²) in [5.74, 6) is 0.0835. The molecule has 1 aromatic carbocycles. The molecule has 0 atom stereocenters. The van der Waals surface area contributed by atoms with Gasteiger partial charge < -0.3 is 15.0 Å². The van der Waals surface area contributed by atoms with Gasteiger partial charge in [0, 0.05) is 45.4 Å². The van der Waals surface area contributed by atoms with Gasteiger partial charge in [0.15, 0.2) is 0 Å². The molecule has 6 heteroatoms. The number of hydrogen-bond donors (Lipinski definition) is 1. The molecule has 1 aliphatic rings. The fraction of sp³-hybridized carbons (Fsp3) is 0.529. The highest BCUT2D eigenvalue weighted by Gasteiger charge is 2.23. The zero-order valence-electron chi connectivity index (χ0n) is 13.9. The number of likely N-dealkylation sites (N-methyl/N-ethyl adjacent to an activating group) is 1. The lowest BCUT2D eigenvalue weighted by Gasteiger charge is -2.34. The lowest BCUT2D eigenvalue weighted by molar-refractivity contribution is -0.122. The molecule has 23 heavy (non-hydrogen) atoms. The Kier molecular flexibility index (Phi) is 6.55. The largest absolute Gasteiger partial charge is 0.380 e. The highest BCUT2D eigenvalue weighted by molar-refractivity contribution is 5.94. The Morgan fingerprint density at radius 2 is 1.96 bits per heavy atom. The molecule has 2 amide bonds. The predicted molar refractivity (Wildman–Crippen MR) is 88.2 cm³/mol. The molecular weight excluding hydrogens is 294 g/mol. The molecule has 2 rings (SSSR count). The summed E-state index contributed by atoms with van der Waals surface area (Å²) in [6, 6.07) is 7.55. The van der Waals surface area contributed by atoms with Crippen LogP contribution in [-0.2, 0) is 16.1 Å². The Hall–Kier alpha value is -1.92. The van der Waals surface area contributed by atoms with Gasteiger partial charge in [-0.25, -0.2) is 0 Å². The Labute approximate surface area is 137 Å². The second kappa shape index (κ2) is 8.64. The second-order valence-corrected chi connectivity index (χ2v) is 5.66. The molecule has 1 heterocycles. The van der Waals surface area contributed by atoms with Crippen LogP contribution in [0.1, 0.15) is 22.8 Å². The van der Waals surface area contributed by atoms with Gasteiger partial charge in [-0.3, -0.25) is 14.5 Å². The lowest BCUT2D eigenvalue weighted by Crippen LogP contribution is -2.51. The van der Waals surface area contributed by atoms with Gasteiger partial charge in [-0.2, -0.15) is 0 Å². The second-order valence-electron chi connectivity index (χ2n) is 5.66. The van der Waals surface area contributed by atoms with Gasteiger partial charge in [-0.15, -0.1) is 0 Å². The highest BCUT2D eigenvalue weighted by atomic mass is 16.5. The van der Waals surface area contributed by atoms with Crippen LogP contribution in [0.25, 0.3) is 0 Å². The zero-order chi connectivity index (χ0) is 16.7. The topological polar surface area (TPSA) is 61.9 Å². The summed E-state index contributed by atoms with van der Waals surface area (Å²) in [5, 5.41) is 2.80. The number of amides is 2. The van der Waals surface area contributed by atoms with Crippen LogP contribution in [0, 0.1) is 0 Å². The standard InChI is InChI=1S/C17H25N3O3/c1-3-18-16(21)12-19-7-9-20(10-8-19)17(22)15-6-4-5-14(11-15)13-23-2/h4-6,11H,3,7-10,12-13H2,1-2H3,(H,18,21). The monoisotopic (exact) mass is 319 g/mol. The minimum Gasteiger partial charge on any atom is -0.380 e. The Morgan fingerprint density at radius 3 is 2.61 bits per heavy atom. The first kappa shape index (κ1) is 17.4. The van der Waals surface area contributed by atoms with E-state index in [1.54, 1.807) is 7.11 Å². The SMILES string of the molecule is CCNC(=O)CN1CCN(C(=O)c2cccc(COC)c2)CC1. The number of carbonyl (C=O) groups excluding carboxylic acids is 2. The maximum Gasteiger partial charge on any atom is 0.253 e. The molecule has 0 radical (unpaired) electrons. The van der Waals surface area contributed by atoms with Gasteiger partial charge in [0.25, 0.3) is 5.91 Å². The number of nitrogens with one attached hydrogen (secondary N) is 1. The fourth-order valence-corrected chi connectivity index (χ4v) is 2.71. The van der Waals surface area contributed by atoms with Gasteiger partial charge >= 0.3 is 0 Å². The Bertz CT molecular complexity index is 540. The van der Waals surface area contributed by atoms with Gasteiger partial charge in [0.1, 0.15) is 0 Å². The number of methoxy groups -OCH3 is 1. The highest BCUT2D eigenvalue weighted by Crippen LogP contribution is 2.11. The summed E-state index contributed by atoms with van der Waals surface area (Å²) in [7, 11) is 1.64. The Balaban J connectivity index is 1.88. The van der Waals surface area contributed by atoms with Crippen LogP contribution in [0.4, 0.5) is 0 Å². The number of hydrogen-bond acceptors (Lipinski definition) is 4. The van der Waals surface area contributed by atoms with Crippen molar-refractivity contribution in [3.05, 3.63) is 35.4 Å². The number of benzene rings is 1. The van der Waals surface area contributed by atoms with E-state index in [0.29, 0.717) is 38.3 Å². The van der Waals surface area contributed by atoms with Crippen LogP contribution in [-0.4, -0.2) is 68.0 Å². The van der Waals surface area contributed by atoms with E-state index >= 15 is 0 Å². The van der Waals surface area contributed by atoms with Crippen molar-refractivity contribution in [1.29, 1.82) is 0 Å². The molecule has 6 nitrogen and oxygen atoms in total. The first-order valence-corrected chi connectivity index (χ1v) is 8.00. The molecule has 0 unspecified atom stereocenters. The minimum atomic E-state index is 0.0412. The molecule has 1 aromatic rings. The van der Waals surface area contributed by atoms with E-state index < -0.39 is 0 Å². The van der Waals surface area contributed by atoms with Crippen LogP contribution in [0.3, 0.4) is 0 Å². The third kappa shape index (κ3) is 5.04. The fourth-order valence-electron chi connectivity index (χ4n) is 2.71. The smallest absolute Gasteiger partial charge is 0.253 e. The van der Waals surface area contributed by atoms with E-state index in [4.69, 9.17) is 4.74 Å². The third-order valence-corrected chi connectivity index (χ3v) is 3.89. The van der Waals surface area contributed by atoms with Crippen molar-refractivity contribution in [3.63, 3.8) is 0 Å². The van der Waals surface area contributed by atoms with E-state index in [2.05, 4.69) is 10.2 Å². The number of nitrogens with zero attached hydrogens (tertiary/aromatic N) is 2. The van der Waals surface area contributed by atoms with Crippen LogP contribution in [0.2, 0.25) is 0 Å². The Morgan fingerprint density at radius 1 is 1.22 bits per heavy atom. The molecule has 126 valence electrons. The van der Waals surface area contributed by atoms with Crippen LogP contribution < -0.4 is 5.32 Å². The van der Waals surface area contributed by atoms with Crippen molar-refractivity contribution in [1.82, 2.24) is 15.1 Å². The maximum atomic E-state index is 12.6. The maximum absolute atomic E-state index is 12.6. The molecule has 0 aromatic heterocycles. The normalized spacial score (nSPS) is 15.5. The molecule has 0 aliphatic carbocycles. The van der Waals surface area contributed by atoms with Crippen LogP contribution in [0.15, 0.2) is 24.3 Å². The average Bonchev–Trinajstić information content (AvgIpc) is 2.56. The summed E-state index contributed by atoms with van der Waals surface area (Å²) in [6.45, 7) is 6.20. The van der Waals surface area contributed by atoms with E-state index in [0.717, 1.165) is 18.7 Å². The van der Waals surface area contributed by atoms with E-state index in [1.807, 2.05) is 36.1 Å². The minimum absolute atomic E-state index is 0.0412. The van der Waals surface area contributed by atoms with E-state index in [-0.39, 0.29) is 11.8 Å². The quantitative estimate of drug-likeness (QED) is 0.839. The van der Waals surface area contributed by atoms with Gasteiger partial charge in [0.05, 0.1) is 13.2 Å². The van der Waals surface area contributed by atoms with Crippen LogP contribution >= 0.6 is 0 Å². The van der Waals surface area contributed by atoms with Gasteiger partial charge in [0.2, 0.25) is 5.91 Å². The van der Waals surface area contributed by atoms with Gasteiger partial charge in [-0.05, 0) is 24.6 Å². The van der Waals surface area contributed by atoms with Crippen molar-refractivity contribution in [2.45, 2.75) is 13.5 Å². The number of rotatable bonds is 6. The summed E-state index contributed by atoms with van der Waals surface area (Å²) >= 11 is 0. The van der Waals surface area contributed by atoms with Gasteiger partial charge in [-0.1, -0.05) is 12.1 Å². The van der Waals surface area contributed by atoms with Crippen molar-refractivity contribution in [2.24, 2.45) is 0 Å². The predicted octanol–water partition coefficient (Wildman–Crippen LogP) is 0.727. The van der Waals surface area contributed by atoms with E-state index in [1.165, 1.54) is 0 Å². The van der Waals surface area contributed by atoms with Crippen molar-refractivity contribution >= 4 is 11.8 Å².